The summed E-state index contributed by atoms with van der Waals surface area (Å²) in [6.45, 7) is 0. The number of rotatable bonds is 2. The fourth-order valence-corrected chi connectivity index (χ4v) is 8.82. The van der Waals surface area contributed by atoms with Gasteiger partial charge in [0.15, 0.2) is 0 Å². The summed E-state index contributed by atoms with van der Waals surface area (Å²) in [4.78, 5) is 0. The molecule has 4 aliphatic rings. The molecule has 0 fully saturated rings. The first-order valence-corrected chi connectivity index (χ1v) is 15.6. The Morgan fingerprint density at radius 2 is 1.12 bits per heavy atom. The molecule has 0 amide bonds. The van der Waals surface area contributed by atoms with Crippen LogP contribution in [0.25, 0.3) is 12.2 Å². The average Bonchev–Trinajstić information content (AvgIpc) is 3.64. The molecule has 0 saturated heterocycles. The predicted molar refractivity (Wildman–Crippen MR) is 172 cm³/mol. The van der Waals surface area contributed by atoms with Crippen LogP contribution in [0, 0.1) is 12.2 Å². The first kappa shape index (κ1) is 34.2. The summed E-state index contributed by atoms with van der Waals surface area (Å²) < 4.78 is 0. The number of halogens is 5. The summed E-state index contributed by atoms with van der Waals surface area (Å²) in [6.07, 6.45) is 11.0. The van der Waals surface area contributed by atoms with Crippen LogP contribution >= 0.6 is 42.7 Å². The first-order chi connectivity index (χ1) is 19.6. The van der Waals surface area contributed by atoms with Gasteiger partial charge >= 0.3 is 26.2 Å². The fraction of sp³-hybridized carbons (Fsp3) is 0.0556. The van der Waals surface area contributed by atoms with E-state index in [1.54, 1.807) is 0 Å². The summed E-state index contributed by atoms with van der Waals surface area (Å²) in [6, 6.07) is 37.7. The second-order valence-corrected chi connectivity index (χ2v) is 13.4. The van der Waals surface area contributed by atoms with Crippen LogP contribution in [-0.4, -0.2) is 0 Å². The first-order valence-electron chi connectivity index (χ1n) is 13.1. The maximum absolute atomic E-state index is 6.56. The molecule has 5 aromatic rings. The van der Waals surface area contributed by atoms with Gasteiger partial charge in [0.25, 0.3) is 0 Å². The van der Waals surface area contributed by atoms with Crippen LogP contribution in [0.4, 0.5) is 0 Å². The normalized spacial score (nSPS) is 17.6. The maximum atomic E-state index is 6.56. The van der Waals surface area contributed by atoms with E-state index in [-0.39, 0.29) is 62.9 Å². The van der Waals surface area contributed by atoms with Gasteiger partial charge in [0.2, 0.25) is 0 Å². The summed E-state index contributed by atoms with van der Waals surface area (Å²) >= 11 is 18.9. The van der Waals surface area contributed by atoms with Gasteiger partial charge in [-0.05, 0) is 42.8 Å². The van der Waals surface area contributed by atoms with Gasteiger partial charge in [-0.2, -0.15) is 11.1 Å². The molecule has 210 valence electrons. The number of benzene rings is 5. The standard InChI is InChI=1S/C21H12Cl2P.C15H10Cl.2ClH.Zr/c22-14-3-7-16(8-4-14)24-15-5-1-13(2-6-15)17-9-10-18-20(24)12-11-19(23)21(17)18;16-14-8-4-7-12-9-10-13(15(12)14)11-5-2-1-3-6-11;;;/h1-8,10-12,17H;1-9,13H;2*1H;/q2*-1;;;+4/p-2. The van der Waals surface area contributed by atoms with E-state index in [1.165, 1.54) is 49.3 Å². The van der Waals surface area contributed by atoms with Crippen LogP contribution < -0.4 is 40.7 Å². The van der Waals surface area contributed by atoms with Gasteiger partial charge in [0.05, 0.1) is 0 Å². The number of hydrogen-bond acceptors (Lipinski definition) is 0. The van der Waals surface area contributed by atoms with Crippen LogP contribution in [0.2, 0.25) is 15.1 Å². The summed E-state index contributed by atoms with van der Waals surface area (Å²) in [5.41, 5.74) is 7.29. The van der Waals surface area contributed by atoms with E-state index in [0.717, 1.165) is 15.1 Å². The van der Waals surface area contributed by atoms with Gasteiger partial charge in [-0.15, -0.1) is 17.2 Å². The smallest absolute Gasteiger partial charge is 1.00 e. The van der Waals surface area contributed by atoms with Crippen LogP contribution in [-0.2, 0) is 26.2 Å². The monoisotopic (exact) mass is 750 g/mol. The van der Waals surface area contributed by atoms with Crippen molar-refractivity contribution in [1.82, 2.24) is 0 Å². The van der Waals surface area contributed by atoms with Crippen molar-refractivity contribution in [3.8, 4) is 0 Å². The molecular weight excluding hydrogens is 732 g/mol. The third-order valence-electron chi connectivity index (χ3n) is 7.62. The third kappa shape index (κ3) is 6.52. The van der Waals surface area contributed by atoms with E-state index in [9.17, 15) is 0 Å². The van der Waals surface area contributed by atoms with Gasteiger partial charge in [-0.1, -0.05) is 142 Å². The molecule has 2 heterocycles. The zero-order chi connectivity index (χ0) is 27.2. The summed E-state index contributed by atoms with van der Waals surface area (Å²) in [5.74, 6) is 0.326. The fourth-order valence-electron chi connectivity index (χ4n) is 5.73. The van der Waals surface area contributed by atoms with Crippen molar-refractivity contribution < 1.29 is 51.0 Å². The Labute approximate surface area is 300 Å². The van der Waals surface area contributed by atoms with Gasteiger partial charge in [-0.3, -0.25) is 12.2 Å². The van der Waals surface area contributed by atoms with E-state index in [2.05, 4.69) is 78.9 Å². The maximum Gasteiger partial charge on any atom is 4.00 e. The van der Waals surface area contributed by atoms with Crippen LogP contribution in [0.5, 0.6) is 0 Å². The molecule has 7 heteroatoms. The van der Waals surface area contributed by atoms with E-state index in [0.29, 0.717) is 0 Å². The second kappa shape index (κ2) is 14.6. The molecule has 9 rings (SSSR count). The molecule has 43 heavy (non-hydrogen) atoms. The Bertz CT molecular complexity index is 1780. The molecule has 0 spiro atoms. The minimum atomic E-state index is -0.642. The molecule has 2 aliphatic carbocycles. The van der Waals surface area contributed by atoms with Gasteiger partial charge in [-0.25, -0.2) is 12.2 Å². The molecule has 0 N–H and O–H groups in total. The Balaban J connectivity index is 0.000000197. The van der Waals surface area contributed by atoms with E-state index in [1.807, 2.05) is 54.6 Å². The Morgan fingerprint density at radius 3 is 1.81 bits per heavy atom. The van der Waals surface area contributed by atoms with E-state index >= 15 is 0 Å². The zero-order valence-electron chi connectivity index (χ0n) is 22.5. The molecule has 0 nitrogen and oxygen atoms in total. The topological polar surface area (TPSA) is 0 Å². The van der Waals surface area contributed by atoms with Crippen LogP contribution in [0.1, 0.15) is 45.2 Å². The number of hydrogen-bond donors (Lipinski definition) is 0. The minimum Gasteiger partial charge on any atom is -1.00 e. The summed E-state index contributed by atoms with van der Waals surface area (Å²) in [7, 11) is -0.642. The molecule has 2 aliphatic heterocycles. The van der Waals surface area contributed by atoms with E-state index in [4.69, 9.17) is 34.8 Å². The van der Waals surface area contributed by atoms with Crippen molar-refractivity contribution in [3.63, 3.8) is 0 Å². The third-order valence-corrected chi connectivity index (χ3v) is 11.0. The molecule has 3 unspecified atom stereocenters. The molecule has 6 bridgehead atoms. The van der Waals surface area contributed by atoms with Gasteiger partial charge < -0.3 is 24.8 Å². The van der Waals surface area contributed by atoms with E-state index < -0.39 is 7.92 Å². The van der Waals surface area contributed by atoms with Gasteiger partial charge in [0.1, 0.15) is 0 Å². The van der Waals surface area contributed by atoms with Crippen LogP contribution in [0.3, 0.4) is 0 Å². The molecular formula is C36H22Cl5PZr. The van der Waals surface area contributed by atoms with Crippen molar-refractivity contribution in [2.75, 3.05) is 0 Å². The second-order valence-electron chi connectivity index (χ2n) is 9.94. The van der Waals surface area contributed by atoms with Crippen molar-refractivity contribution in [3.05, 3.63) is 170 Å². The largest absolute Gasteiger partial charge is 4.00 e. The molecule has 3 atom stereocenters. The molecule has 0 saturated carbocycles. The Morgan fingerprint density at radius 1 is 0.535 bits per heavy atom. The predicted octanol–water partition coefficient (Wildman–Crippen LogP) is 3.33. The van der Waals surface area contributed by atoms with Crippen molar-refractivity contribution in [2.24, 2.45) is 0 Å². The number of fused-ring (bicyclic) bond motifs is 3. The molecule has 0 radical (unpaired) electrons. The van der Waals surface area contributed by atoms with Crippen molar-refractivity contribution in [2.45, 2.75) is 11.8 Å². The Hall–Kier alpha value is -1.66. The molecule has 0 aromatic heterocycles. The molecule has 5 aromatic carbocycles. The minimum absolute atomic E-state index is 0. The van der Waals surface area contributed by atoms with Gasteiger partial charge in [0, 0.05) is 15.1 Å². The van der Waals surface area contributed by atoms with Crippen molar-refractivity contribution in [1.29, 1.82) is 0 Å². The Kier molecular flexibility index (Phi) is 11.6. The summed E-state index contributed by atoms with van der Waals surface area (Å²) in [5, 5.41) is 6.41. The number of allylic oxidation sites excluding steroid dienone is 2. The quantitative estimate of drug-likeness (QED) is 0.192. The van der Waals surface area contributed by atoms with Crippen LogP contribution in [0.15, 0.2) is 109 Å². The SMILES string of the molecule is Clc1ccc(P2c3ccc(cc3)C3[C-]=Cc4c2ccc(Cl)c43)cc1.Clc1cccc2c1C(c1ccccc1)[C-]=C2.[Cl-].[Cl-].[Zr+4]. The van der Waals surface area contributed by atoms with Crippen molar-refractivity contribution >= 4 is 70.8 Å². The zero-order valence-corrected chi connectivity index (χ0v) is 29.7. The average molecular weight is 754 g/mol.